The lowest BCUT2D eigenvalue weighted by Gasteiger charge is -2.39. The van der Waals surface area contributed by atoms with Crippen LogP contribution in [-0.2, 0) is 9.53 Å². The number of nitrogens with one attached hydrogen (secondary N) is 1. The molecule has 0 aromatic carbocycles. The van der Waals surface area contributed by atoms with Crippen LogP contribution in [-0.4, -0.2) is 46.6 Å². The van der Waals surface area contributed by atoms with Crippen LogP contribution in [0.15, 0.2) is 0 Å². The van der Waals surface area contributed by atoms with Gasteiger partial charge in [0.25, 0.3) is 5.97 Å². The van der Waals surface area contributed by atoms with Crippen molar-refractivity contribution in [2.24, 2.45) is 11.7 Å². The third-order valence-electron chi connectivity index (χ3n) is 2.12. The Balaban J connectivity index is 0.000000711. The number of hydrogen-bond donors (Lipinski definition) is 3. The molecule has 0 aliphatic carbocycles. The molecule has 4 N–H and O–H groups in total. The first-order valence-electron chi connectivity index (χ1n) is 6.01. The number of ether oxygens (including phenoxy) is 1. The largest absolute Gasteiger partial charge is 0.481 e. The quantitative estimate of drug-likeness (QED) is 0.517. The molecule has 110 valence electrons. The first-order chi connectivity index (χ1) is 8.51. The zero-order valence-electron chi connectivity index (χ0n) is 11.9. The van der Waals surface area contributed by atoms with E-state index in [4.69, 9.17) is 25.8 Å². The third-order valence-corrected chi connectivity index (χ3v) is 2.12. The van der Waals surface area contributed by atoms with Crippen LogP contribution in [0, 0.1) is 11.3 Å². The van der Waals surface area contributed by atoms with E-state index in [1.165, 1.54) is 0 Å². The average molecular weight is 273 g/mol. The third kappa shape index (κ3) is 8.87. The summed E-state index contributed by atoms with van der Waals surface area (Å²) in [6, 6.07) is 0. The Morgan fingerprint density at radius 1 is 1.42 bits per heavy atom. The molecule has 1 aliphatic rings. The van der Waals surface area contributed by atoms with E-state index in [0.717, 1.165) is 6.92 Å². The van der Waals surface area contributed by atoms with Gasteiger partial charge in [-0.2, -0.15) is 0 Å². The Bertz CT molecular complexity index is 339. The molecule has 1 heterocycles. The van der Waals surface area contributed by atoms with Crippen molar-refractivity contribution in [2.75, 3.05) is 13.1 Å². The molecule has 0 unspecified atom stereocenters. The predicted molar refractivity (Wildman–Crippen MR) is 71.1 cm³/mol. The number of rotatable bonds is 2. The second-order valence-electron chi connectivity index (χ2n) is 5.50. The maximum Gasteiger partial charge on any atom is 0.410 e. The van der Waals surface area contributed by atoms with E-state index in [0.29, 0.717) is 25.4 Å². The summed E-state index contributed by atoms with van der Waals surface area (Å²) in [5, 5.41) is 14.5. The van der Waals surface area contributed by atoms with Gasteiger partial charge < -0.3 is 20.5 Å². The number of amidine groups is 1. The van der Waals surface area contributed by atoms with E-state index in [1.54, 1.807) is 4.90 Å². The number of nitrogens with two attached hydrogens (primary N) is 1. The summed E-state index contributed by atoms with van der Waals surface area (Å²) in [6.07, 6.45) is 0.293. The SMILES string of the molecule is CC(=O)O.CC(C)(C)OC(=O)N1CC(CC(=N)N)C1. The number of carbonyl (C=O) groups is 2. The molecule has 1 amide bonds. The minimum Gasteiger partial charge on any atom is -0.481 e. The van der Waals surface area contributed by atoms with Crippen LogP contribution in [0.2, 0.25) is 0 Å². The molecule has 0 aromatic rings. The number of likely N-dealkylation sites (tertiary alicyclic amines) is 1. The van der Waals surface area contributed by atoms with E-state index in [9.17, 15) is 4.79 Å². The van der Waals surface area contributed by atoms with Gasteiger partial charge in [-0.1, -0.05) is 0 Å². The first-order valence-corrected chi connectivity index (χ1v) is 6.01. The Morgan fingerprint density at radius 3 is 2.16 bits per heavy atom. The Kier molecular flexibility index (Phi) is 6.31. The topological polar surface area (TPSA) is 117 Å². The first kappa shape index (κ1) is 17.2. The average Bonchev–Trinajstić information content (AvgIpc) is 2.05. The normalized spacial score (nSPS) is 14.8. The van der Waals surface area contributed by atoms with Gasteiger partial charge in [0, 0.05) is 32.4 Å². The molecule has 1 fully saturated rings. The number of hydrogen-bond acceptors (Lipinski definition) is 4. The molecule has 7 heteroatoms. The van der Waals surface area contributed by atoms with Gasteiger partial charge in [-0.3, -0.25) is 10.2 Å². The van der Waals surface area contributed by atoms with Crippen molar-refractivity contribution in [3.8, 4) is 0 Å². The number of carboxylic acids is 1. The van der Waals surface area contributed by atoms with Crippen LogP contribution in [0.1, 0.15) is 34.1 Å². The Hall–Kier alpha value is -1.79. The van der Waals surface area contributed by atoms with Crippen LogP contribution in [0.4, 0.5) is 4.79 Å². The van der Waals surface area contributed by atoms with E-state index in [-0.39, 0.29) is 11.9 Å². The fourth-order valence-corrected chi connectivity index (χ4v) is 1.49. The number of aliphatic carboxylic acids is 1. The monoisotopic (exact) mass is 273 g/mol. The summed E-state index contributed by atoms with van der Waals surface area (Å²) in [6.45, 7) is 7.91. The number of carboxylic acid groups (broad SMARTS) is 1. The molecule has 0 spiro atoms. The molecule has 0 saturated carbocycles. The van der Waals surface area contributed by atoms with E-state index in [2.05, 4.69) is 0 Å². The molecule has 0 atom stereocenters. The molecule has 7 nitrogen and oxygen atoms in total. The van der Waals surface area contributed by atoms with Crippen molar-refractivity contribution in [1.82, 2.24) is 4.90 Å². The van der Waals surface area contributed by atoms with Crippen molar-refractivity contribution in [1.29, 1.82) is 5.41 Å². The molecule has 0 radical (unpaired) electrons. The van der Waals surface area contributed by atoms with E-state index >= 15 is 0 Å². The summed E-state index contributed by atoms with van der Waals surface area (Å²) < 4.78 is 5.20. The molecule has 1 saturated heterocycles. The van der Waals surface area contributed by atoms with Crippen molar-refractivity contribution < 1.29 is 19.4 Å². The molecular formula is C12H23N3O4. The number of amides is 1. The van der Waals surface area contributed by atoms with Gasteiger partial charge in [0.2, 0.25) is 0 Å². The van der Waals surface area contributed by atoms with Gasteiger partial charge in [-0.15, -0.1) is 0 Å². The molecular weight excluding hydrogens is 250 g/mol. The summed E-state index contributed by atoms with van der Waals surface area (Å²) in [7, 11) is 0. The maximum absolute atomic E-state index is 11.5. The second-order valence-corrected chi connectivity index (χ2v) is 5.50. The highest BCUT2D eigenvalue weighted by Gasteiger charge is 2.33. The smallest absolute Gasteiger partial charge is 0.410 e. The lowest BCUT2D eigenvalue weighted by molar-refractivity contribution is -0.134. The lowest BCUT2D eigenvalue weighted by Crippen LogP contribution is -2.52. The molecule has 0 bridgehead atoms. The summed E-state index contributed by atoms with van der Waals surface area (Å²) in [5.41, 5.74) is 4.83. The van der Waals surface area contributed by atoms with Gasteiger partial charge in [-0.25, -0.2) is 4.79 Å². The zero-order valence-corrected chi connectivity index (χ0v) is 11.9. The second kappa shape index (κ2) is 6.96. The standard InChI is InChI=1S/C10H19N3O2.C2H4O2/c1-10(2,3)15-9(14)13-5-7(6-13)4-8(11)12;1-2(3)4/h7H,4-6H2,1-3H3,(H3,11,12);1H3,(H,3,4). The van der Waals surface area contributed by atoms with Crippen LogP contribution < -0.4 is 5.73 Å². The fourth-order valence-electron chi connectivity index (χ4n) is 1.49. The zero-order chi connectivity index (χ0) is 15.2. The van der Waals surface area contributed by atoms with Crippen LogP contribution in [0.5, 0.6) is 0 Å². The maximum atomic E-state index is 11.5. The van der Waals surface area contributed by atoms with Crippen molar-refractivity contribution in [3.63, 3.8) is 0 Å². The molecule has 19 heavy (non-hydrogen) atoms. The van der Waals surface area contributed by atoms with Crippen LogP contribution >= 0.6 is 0 Å². The highest BCUT2D eigenvalue weighted by molar-refractivity contribution is 5.77. The molecule has 1 rings (SSSR count). The van der Waals surface area contributed by atoms with Gasteiger partial charge in [0.1, 0.15) is 5.60 Å². The van der Waals surface area contributed by atoms with Crippen molar-refractivity contribution >= 4 is 17.9 Å². The summed E-state index contributed by atoms with van der Waals surface area (Å²) >= 11 is 0. The number of nitrogens with zero attached hydrogens (tertiary/aromatic N) is 1. The van der Waals surface area contributed by atoms with Crippen molar-refractivity contribution in [3.05, 3.63) is 0 Å². The van der Waals surface area contributed by atoms with Crippen LogP contribution in [0.25, 0.3) is 0 Å². The van der Waals surface area contributed by atoms with Gasteiger partial charge >= 0.3 is 6.09 Å². The lowest BCUT2D eigenvalue weighted by atomic mass is 9.96. The van der Waals surface area contributed by atoms with Gasteiger partial charge in [0.05, 0.1) is 5.84 Å². The van der Waals surface area contributed by atoms with E-state index < -0.39 is 11.6 Å². The highest BCUT2D eigenvalue weighted by Crippen LogP contribution is 2.21. The van der Waals surface area contributed by atoms with E-state index in [1.807, 2.05) is 20.8 Å². The van der Waals surface area contributed by atoms with Crippen LogP contribution in [0.3, 0.4) is 0 Å². The van der Waals surface area contributed by atoms with Crippen molar-refractivity contribution in [2.45, 2.75) is 39.7 Å². The highest BCUT2D eigenvalue weighted by atomic mass is 16.6. The minimum atomic E-state index is -0.833. The van der Waals surface area contributed by atoms with Gasteiger partial charge in [0.15, 0.2) is 0 Å². The van der Waals surface area contributed by atoms with Gasteiger partial charge in [-0.05, 0) is 20.8 Å². The molecule has 1 aliphatic heterocycles. The predicted octanol–water partition coefficient (Wildman–Crippen LogP) is 1.27. The Labute approximate surface area is 113 Å². The summed E-state index contributed by atoms with van der Waals surface area (Å²) in [5.74, 6) is -0.321. The Morgan fingerprint density at radius 2 is 1.84 bits per heavy atom. The fraction of sp³-hybridized carbons (Fsp3) is 0.750. The number of carbonyl (C=O) groups excluding carboxylic acids is 1. The summed E-state index contributed by atoms with van der Waals surface area (Å²) in [4.78, 5) is 22.1. The minimum absolute atomic E-state index is 0.184. The molecule has 0 aromatic heterocycles.